The van der Waals surface area contributed by atoms with Crippen molar-refractivity contribution >= 4 is 27.3 Å². The van der Waals surface area contributed by atoms with E-state index >= 15 is 0 Å². The molecule has 3 aromatic rings. The van der Waals surface area contributed by atoms with Gasteiger partial charge in [0.15, 0.2) is 0 Å². The van der Waals surface area contributed by atoms with E-state index in [0.29, 0.717) is 12.1 Å². The molecule has 0 aliphatic rings. The molecule has 0 aliphatic carbocycles. The summed E-state index contributed by atoms with van der Waals surface area (Å²) < 4.78 is 25.3. The Morgan fingerprint density at radius 3 is 2.50 bits per heavy atom. The van der Waals surface area contributed by atoms with Gasteiger partial charge in [0.05, 0.1) is 17.1 Å². The van der Waals surface area contributed by atoms with E-state index in [9.17, 15) is 13.2 Å². The Balaban J connectivity index is 1.69. The van der Waals surface area contributed by atoms with Gasteiger partial charge in [0.2, 0.25) is 10.0 Å². The lowest BCUT2D eigenvalue weighted by Gasteiger charge is -2.11. The normalized spacial score (nSPS) is 11.6. The molecule has 2 aromatic heterocycles. The molecule has 1 amide bonds. The highest BCUT2D eigenvalue weighted by atomic mass is 32.2. The molecule has 0 saturated heterocycles. The second-order valence-electron chi connectivity index (χ2n) is 6.26. The maximum absolute atomic E-state index is 12.4. The number of sulfonamides is 1. The summed E-state index contributed by atoms with van der Waals surface area (Å²) in [5.41, 5.74) is 2.19. The van der Waals surface area contributed by atoms with Gasteiger partial charge in [-0.1, -0.05) is 0 Å². The summed E-state index contributed by atoms with van der Waals surface area (Å²) in [7, 11) is -0.583. The molecule has 9 heteroatoms. The number of nitrogens with zero attached hydrogens (tertiary/aromatic N) is 3. The number of aromatic nitrogens is 2. The minimum absolute atomic E-state index is 0.147. The van der Waals surface area contributed by atoms with Crippen molar-refractivity contribution in [2.75, 3.05) is 14.1 Å². The van der Waals surface area contributed by atoms with E-state index in [0.717, 1.165) is 25.4 Å². The van der Waals surface area contributed by atoms with Gasteiger partial charge in [-0.25, -0.2) is 17.7 Å². The number of aryl methyl sites for hydroxylation is 1. The third kappa shape index (κ3) is 4.27. The Morgan fingerprint density at radius 2 is 1.89 bits per heavy atom. The zero-order chi connectivity index (χ0) is 20.3. The molecule has 7 nitrogen and oxygen atoms in total. The number of thiazole rings is 1. The molecule has 0 radical (unpaired) electrons. The first-order valence-corrected chi connectivity index (χ1v) is 10.7. The zero-order valence-electron chi connectivity index (χ0n) is 15.7. The molecule has 3 rings (SSSR count). The van der Waals surface area contributed by atoms with Gasteiger partial charge < -0.3 is 5.32 Å². The number of amides is 1. The number of carbonyl (C=O) groups is 1. The van der Waals surface area contributed by atoms with Crippen LogP contribution in [0.5, 0.6) is 0 Å². The summed E-state index contributed by atoms with van der Waals surface area (Å²) in [5, 5.41) is 3.71. The Morgan fingerprint density at radius 1 is 1.18 bits per heavy atom. The molecule has 2 heterocycles. The Labute approximate surface area is 168 Å². The standard InChI is InChI=1S/C19H20N4O3S2/c1-13-17(27-19(22-13)15-5-4-10-20-11-15)12-21-18(24)14-6-8-16(9-7-14)28(25,26)23(2)3/h4-11H,12H2,1-3H3,(H,21,24). The first-order chi connectivity index (χ1) is 13.3. The third-order valence-corrected chi connectivity index (χ3v) is 7.14. The van der Waals surface area contributed by atoms with Crippen LogP contribution in [-0.2, 0) is 16.6 Å². The second kappa shape index (κ2) is 8.17. The topological polar surface area (TPSA) is 92.3 Å². The molecule has 0 spiro atoms. The summed E-state index contributed by atoms with van der Waals surface area (Å²) in [6, 6.07) is 9.68. The first kappa shape index (κ1) is 20.1. The summed E-state index contributed by atoms with van der Waals surface area (Å²) in [5.74, 6) is -0.274. The average molecular weight is 417 g/mol. The Kier molecular flexibility index (Phi) is 5.87. The van der Waals surface area contributed by atoms with Crippen molar-refractivity contribution in [2.45, 2.75) is 18.4 Å². The monoisotopic (exact) mass is 416 g/mol. The maximum Gasteiger partial charge on any atom is 0.251 e. The van der Waals surface area contributed by atoms with E-state index in [1.807, 2.05) is 19.1 Å². The molecule has 0 unspecified atom stereocenters. The number of nitrogens with one attached hydrogen (secondary N) is 1. The van der Waals surface area contributed by atoms with Crippen LogP contribution in [0.15, 0.2) is 53.7 Å². The van der Waals surface area contributed by atoms with E-state index in [-0.39, 0.29) is 10.8 Å². The number of hydrogen-bond acceptors (Lipinski definition) is 6. The molecule has 146 valence electrons. The summed E-state index contributed by atoms with van der Waals surface area (Å²) >= 11 is 1.51. The van der Waals surface area contributed by atoms with Crippen molar-refractivity contribution in [3.63, 3.8) is 0 Å². The molecule has 0 aliphatic heterocycles. The first-order valence-electron chi connectivity index (χ1n) is 8.46. The Bertz CT molecular complexity index is 1080. The highest BCUT2D eigenvalue weighted by Crippen LogP contribution is 2.27. The summed E-state index contributed by atoms with van der Waals surface area (Å²) in [6.07, 6.45) is 3.46. The van der Waals surface area contributed by atoms with Gasteiger partial charge in [-0.2, -0.15) is 0 Å². The van der Waals surface area contributed by atoms with Gasteiger partial charge in [0, 0.05) is 42.5 Å². The van der Waals surface area contributed by atoms with Crippen molar-refractivity contribution in [1.29, 1.82) is 0 Å². The summed E-state index contributed by atoms with van der Waals surface area (Å²) in [4.78, 5) is 22.2. The zero-order valence-corrected chi connectivity index (χ0v) is 17.3. The highest BCUT2D eigenvalue weighted by Gasteiger charge is 2.18. The maximum atomic E-state index is 12.4. The van der Waals surface area contributed by atoms with Gasteiger partial charge in [-0.05, 0) is 43.3 Å². The number of benzene rings is 1. The lowest BCUT2D eigenvalue weighted by Crippen LogP contribution is -2.24. The molecule has 1 N–H and O–H groups in total. The van der Waals surface area contributed by atoms with E-state index in [4.69, 9.17) is 0 Å². The molecule has 0 fully saturated rings. The van der Waals surface area contributed by atoms with Crippen molar-refractivity contribution in [1.82, 2.24) is 19.6 Å². The minimum Gasteiger partial charge on any atom is -0.347 e. The fourth-order valence-corrected chi connectivity index (χ4v) is 4.35. The number of pyridine rings is 1. The van der Waals surface area contributed by atoms with E-state index < -0.39 is 10.0 Å². The fraction of sp³-hybridized carbons (Fsp3) is 0.211. The average Bonchev–Trinajstić information content (AvgIpc) is 3.07. The SMILES string of the molecule is Cc1nc(-c2cccnc2)sc1CNC(=O)c1ccc(S(=O)(=O)N(C)C)cc1. The predicted molar refractivity (Wildman–Crippen MR) is 109 cm³/mol. The van der Waals surface area contributed by atoms with E-state index in [2.05, 4.69) is 15.3 Å². The van der Waals surface area contributed by atoms with E-state index in [1.54, 1.807) is 12.4 Å². The predicted octanol–water partition coefficient (Wildman–Crippen LogP) is 2.69. The quantitative estimate of drug-likeness (QED) is 0.667. The largest absolute Gasteiger partial charge is 0.347 e. The lowest BCUT2D eigenvalue weighted by atomic mass is 10.2. The van der Waals surface area contributed by atoms with Crippen LogP contribution in [0.2, 0.25) is 0 Å². The molecule has 1 aromatic carbocycles. The highest BCUT2D eigenvalue weighted by molar-refractivity contribution is 7.89. The third-order valence-electron chi connectivity index (χ3n) is 4.11. The Hall–Kier alpha value is -2.62. The van der Waals surface area contributed by atoms with Crippen LogP contribution in [0, 0.1) is 6.92 Å². The molecule has 0 saturated carbocycles. The molecule has 0 bridgehead atoms. The van der Waals surface area contributed by atoms with Crippen LogP contribution >= 0.6 is 11.3 Å². The van der Waals surface area contributed by atoms with Crippen molar-refractivity contribution in [2.24, 2.45) is 0 Å². The fourth-order valence-electron chi connectivity index (χ4n) is 2.46. The van der Waals surface area contributed by atoms with Gasteiger partial charge in [-0.15, -0.1) is 11.3 Å². The number of rotatable bonds is 6. The van der Waals surface area contributed by atoms with Gasteiger partial charge >= 0.3 is 0 Å². The van der Waals surface area contributed by atoms with Crippen LogP contribution in [0.4, 0.5) is 0 Å². The molecule has 28 heavy (non-hydrogen) atoms. The van der Waals surface area contributed by atoms with Gasteiger partial charge in [-0.3, -0.25) is 9.78 Å². The van der Waals surface area contributed by atoms with Crippen molar-refractivity contribution in [3.05, 3.63) is 64.9 Å². The van der Waals surface area contributed by atoms with Crippen LogP contribution in [0.3, 0.4) is 0 Å². The van der Waals surface area contributed by atoms with Crippen LogP contribution in [0.1, 0.15) is 20.9 Å². The van der Waals surface area contributed by atoms with E-state index in [1.165, 1.54) is 49.7 Å². The smallest absolute Gasteiger partial charge is 0.251 e. The summed E-state index contributed by atoms with van der Waals surface area (Å²) in [6.45, 7) is 2.25. The van der Waals surface area contributed by atoms with Crippen LogP contribution < -0.4 is 5.32 Å². The molecular weight excluding hydrogens is 396 g/mol. The van der Waals surface area contributed by atoms with Crippen molar-refractivity contribution < 1.29 is 13.2 Å². The molecular formula is C19H20N4O3S2. The molecule has 0 atom stereocenters. The van der Waals surface area contributed by atoms with Crippen LogP contribution in [0.25, 0.3) is 10.6 Å². The lowest BCUT2D eigenvalue weighted by molar-refractivity contribution is 0.0951. The van der Waals surface area contributed by atoms with Gasteiger partial charge in [0.25, 0.3) is 5.91 Å². The second-order valence-corrected chi connectivity index (χ2v) is 9.50. The number of hydrogen-bond donors (Lipinski definition) is 1. The number of carbonyl (C=O) groups excluding carboxylic acids is 1. The van der Waals surface area contributed by atoms with Gasteiger partial charge in [0.1, 0.15) is 5.01 Å². The van der Waals surface area contributed by atoms with Crippen molar-refractivity contribution in [3.8, 4) is 10.6 Å². The van der Waals surface area contributed by atoms with Crippen LogP contribution in [-0.4, -0.2) is 42.7 Å². The minimum atomic E-state index is -3.51.